The Kier molecular flexibility index (Phi) is 7.18. The molecule has 5 heterocycles. The summed E-state index contributed by atoms with van der Waals surface area (Å²) in [6.45, 7) is 6.41. The molecule has 0 aliphatic carbocycles. The maximum atomic E-state index is 12.7. The molecule has 2 aliphatic rings. The Bertz CT molecular complexity index is 1520. The van der Waals surface area contributed by atoms with Crippen molar-refractivity contribution in [3.05, 3.63) is 35.9 Å². The minimum atomic E-state index is -0.00687. The third-order valence-corrected chi connectivity index (χ3v) is 9.40. The molecule has 6 rings (SSSR count). The zero-order valence-electron chi connectivity index (χ0n) is 22.8. The molecule has 12 heteroatoms. The molecule has 2 aliphatic heterocycles. The Morgan fingerprint density at radius 3 is 2.59 bits per heavy atom. The molecule has 0 spiro atoms. The van der Waals surface area contributed by atoms with E-state index in [-0.39, 0.29) is 15.9 Å². The zero-order valence-corrected chi connectivity index (χ0v) is 25.0. The van der Waals surface area contributed by atoms with Crippen LogP contribution in [0.5, 0.6) is 0 Å². The van der Waals surface area contributed by atoms with Crippen molar-refractivity contribution in [3.63, 3.8) is 0 Å². The van der Waals surface area contributed by atoms with Crippen molar-refractivity contribution in [1.29, 1.82) is 0 Å². The standard InChI is InChI=1S/C27H34IN9O2/c1-5-20-29-18-8-6-7-9-19(18)37(20)27-31-24-22(25(32-27)35-12-14-39-15-13-35)30-21(34(24)4)16-36-11-10-17(23(36)28)26(38)33(2)3/h6-9,17,23H,5,10-16H2,1-4H3. The molecule has 2 atom stereocenters. The predicted octanol–water partition coefficient (Wildman–Crippen LogP) is 2.77. The lowest BCUT2D eigenvalue weighted by Crippen LogP contribution is -2.37. The van der Waals surface area contributed by atoms with Crippen LogP contribution in [0.3, 0.4) is 0 Å². The summed E-state index contributed by atoms with van der Waals surface area (Å²) < 4.78 is 9.91. The van der Waals surface area contributed by atoms with Crippen molar-refractivity contribution in [2.24, 2.45) is 13.0 Å². The Morgan fingerprint density at radius 1 is 1.08 bits per heavy atom. The fourth-order valence-electron chi connectivity index (χ4n) is 5.59. The van der Waals surface area contributed by atoms with E-state index in [2.05, 4.69) is 54.5 Å². The van der Waals surface area contributed by atoms with Gasteiger partial charge in [0.05, 0.1) is 40.8 Å². The average Bonchev–Trinajstić information content (AvgIpc) is 3.61. The molecule has 1 aromatic carbocycles. The normalized spacial score (nSPS) is 20.4. The van der Waals surface area contributed by atoms with Gasteiger partial charge in [-0.05, 0) is 18.6 Å². The van der Waals surface area contributed by atoms with Crippen LogP contribution in [0.25, 0.3) is 28.1 Å². The molecular formula is C27H34IN9O2. The Balaban J connectivity index is 1.45. The topological polar surface area (TPSA) is 97.4 Å². The number of carbonyl (C=O) groups is 1. The fraction of sp³-hybridized carbons (Fsp3) is 0.519. The maximum absolute atomic E-state index is 12.7. The number of likely N-dealkylation sites (tertiary alicyclic amines) is 1. The number of hydrogen-bond acceptors (Lipinski definition) is 8. The smallest absolute Gasteiger partial charge is 0.239 e. The first-order valence-corrected chi connectivity index (χ1v) is 14.7. The Hall–Kier alpha value is -2.84. The van der Waals surface area contributed by atoms with Crippen molar-refractivity contribution < 1.29 is 9.53 Å². The van der Waals surface area contributed by atoms with Gasteiger partial charge in [0.1, 0.15) is 11.6 Å². The van der Waals surface area contributed by atoms with Gasteiger partial charge in [-0.2, -0.15) is 9.97 Å². The first kappa shape index (κ1) is 26.4. The number of ether oxygens (including phenoxy) is 1. The van der Waals surface area contributed by atoms with Gasteiger partial charge in [0.2, 0.25) is 11.9 Å². The number of morpholine rings is 1. The van der Waals surface area contributed by atoms with Gasteiger partial charge in [0.15, 0.2) is 17.0 Å². The van der Waals surface area contributed by atoms with Crippen LogP contribution in [0.15, 0.2) is 24.3 Å². The van der Waals surface area contributed by atoms with Crippen LogP contribution in [0.4, 0.5) is 5.82 Å². The van der Waals surface area contributed by atoms with Crippen LogP contribution in [0.1, 0.15) is 25.0 Å². The molecule has 11 nitrogen and oxygen atoms in total. The van der Waals surface area contributed by atoms with Crippen LogP contribution in [0.2, 0.25) is 0 Å². The number of aryl methyl sites for hydroxylation is 2. The second-order valence-corrected chi connectivity index (χ2v) is 11.7. The van der Waals surface area contributed by atoms with Crippen LogP contribution < -0.4 is 4.90 Å². The highest BCUT2D eigenvalue weighted by Gasteiger charge is 2.38. The maximum Gasteiger partial charge on any atom is 0.239 e. The number of halogens is 1. The molecule has 4 aromatic rings. The SMILES string of the molecule is CCc1nc2ccccc2n1-c1nc(N2CCOCC2)c2nc(CN3CCC(C(=O)N(C)C)C3I)n(C)c2n1. The number of para-hydroxylation sites is 2. The number of imidazole rings is 2. The van der Waals surface area contributed by atoms with Crippen molar-refractivity contribution in [1.82, 2.24) is 38.9 Å². The number of rotatable bonds is 6. The third kappa shape index (κ3) is 4.65. The first-order chi connectivity index (χ1) is 18.9. The summed E-state index contributed by atoms with van der Waals surface area (Å²) in [5.41, 5.74) is 3.51. The van der Waals surface area contributed by atoms with Gasteiger partial charge in [-0.1, -0.05) is 41.6 Å². The number of fused-ring (bicyclic) bond motifs is 2. The monoisotopic (exact) mass is 643 g/mol. The van der Waals surface area contributed by atoms with Crippen molar-refractivity contribution >= 4 is 56.5 Å². The lowest BCUT2D eigenvalue weighted by atomic mass is 10.1. The molecule has 2 saturated heterocycles. The molecule has 0 saturated carbocycles. The number of alkyl halides is 1. The van der Waals surface area contributed by atoms with Gasteiger partial charge in [-0.3, -0.25) is 14.3 Å². The third-order valence-electron chi connectivity index (χ3n) is 7.75. The lowest BCUT2D eigenvalue weighted by molar-refractivity contribution is -0.132. The number of aromatic nitrogens is 6. The van der Waals surface area contributed by atoms with E-state index in [9.17, 15) is 4.79 Å². The molecule has 0 N–H and O–H groups in total. The molecule has 3 aromatic heterocycles. The minimum absolute atomic E-state index is 0.00687. The first-order valence-electron chi connectivity index (χ1n) is 13.5. The van der Waals surface area contributed by atoms with Gasteiger partial charge in [-0.15, -0.1) is 0 Å². The summed E-state index contributed by atoms with van der Waals surface area (Å²) in [6, 6.07) is 8.12. The summed E-state index contributed by atoms with van der Waals surface area (Å²) in [6.07, 6.45) is 1.61. The summed E-state index contributed by atoms with van der Waals surface area (Å²) >= 11 is 2.41. The van der Waals surface area contributed by atoms with Crippen LogP contribution in [0, 0.1) is 5.92 Å². The van der Waals surface area contributed by atoms with E-state index in [0.717, 1.165) is 72.1 Å². The molecular weight excluding hydrogens is 609 g/mol. The molecule has 206 valence electrons. The summed E-state index contributed by atoms with van der Waals surface area (Å²) in [7, 11) is 5.69. The largest absolute Gasteiger partial charge is 0.378 e. The number of anilines is 1. The highest BCUT2D eigenvalue weighted by Crippen LogP contribution is 2.33. The van der Waals surface area contributed by atoms with Gasteiger partial charge in [0, 0.05) is 47.2 Å². The number of hydrogen-bond donors (Lipinski definition) is 0. The van der Waals surface area contributed by atoms with E-state index in [1.54, 1.807) is 4.90 Å². The number of nitrogens with zero attached hydrogens (tertiary/aromatic N) is 9. The summed E-state index contributed by atoms with van der Waals surface area (Å²) in [4.78, 5) is 39.2. The number of amides is 1. The van der Waals surface area contributed by atoms with Gasteiger partial charge < -0.3 is 19.1 Å². The Labute approximate surface area is 241 Å². The molecule has 0 radical (unpaired) electrons. The summed E-state index contributed by atoms with van der Waals surface area (Å²) in [5.74, 6) is 3.45. The van der Waals surface area contributed by atoms with E-state index in [1.165, 1.54) is 0 Å². The van der Waals surface area contributed by atoms with Crippen LogP contribution in [-0.2, 0) is 29.5 Å². The number of carbonyl (C=O) groups excluding carboxylic acids is 1. The fourth-order valence-corrected chi connectivity index (χ4v) is 6.74. The van der Waals surface area contributed by atoms with Crippen LogP contribution >= 0.6 is 22.6 Å². The van der Waals surface area contributed by atoms with Crippen molar-refractivity contribution in [2.45, 2.75) is 30.4 Å². The van der Waals surface area contributed by atoms with Crippen LogP contribution in [-0.4, -0.2) is 95.8 Å². The van der Waals surface area contributed by atoms with Gasteiger partial charge >= 0.3 is 0 Å². The van der Waals surface area contributed by atoms with Crippen molar-refractivity contribution in [3.8, 4) is 5.95 Å². The van der Waals surface area contributed by atoms with E-state index >= 15 is 0 Å². The predicted molar refractivity (Wildman–Crippen MR) is 158 cm³/mol. The molecule has 2 fully saturated rings. The summed E-state index contributed by atoms with van der Waals surface area (Å²) in [5, 5.41) is 0. The highest BCUT2D eigenvalue weighted by molar-refractivity contribution is 14.1. The van der Waals surface area contributed by atoms with E-state index in [4.69, 9.17) is 24.7 Å². The molecule has 39 heavy (non-hydrogen) atoms. The highest BCUT2D eigenvalue weighted by atomic mass is 127. The second-order valence-electron chi connectivity index (χ2n) is 10.4. The van der Waals surface area contributed by atoms with E-state index in [0.29, 0.717) is 25.7 Å². The average molecular weight is 644 g/mol. The molecule has 2 unspecified atom stereocenters. The Morgan fingerprint density at radius 2 is 1.85 bits per heavy atom. The van der Waals surface area contributed by atoms with Gasteiger partial charge in [-0.25, -0.2) is 9.97 Å². The van der Waals surface area contributed by atoms with Gasteiger partial charge in [0.25, 0.3) is 0 Å². The van der Waals surface area contributed by atoms with E-state index < -0.39 is 0 Å². The zero-order chi connectivity index (χ0) is 27.3. The molecule has 0 bridgehead atoms. The molecule has 1 amide bonds. The van der Waals surface area contributed by atoms with Crippen molar-refractivity contribution in [2.75, 3.05) is 51.8 Å². The van der Waals surface area contributed by atoms with E-state index in [1.807, 2.05) is 39.3 Å². The minimum Gasteiger partial charge on any atom is -0.378 e. The number of benzene rings is 1. The quantitative estimate of drug-likeness (QED) is 0.180. The second kappa shape index (κ2) is 10.6. The lowest BCUT2D eigenvalue weighted by Gasteiger charge is -2.28.